The Labute approximate surface area is 226 Å². The molecule has 3 N–H and O–H groups in total. The summed E-state index contributed by atoms with van der Waals surface area (Å²) >= 11 is 0. The van der Waals surface area contributed by atoms with Crippen LogP contribution in [0.2, 0.25) is 0 Å². The van der Waals surface area contributed by atoms with Crippen LogP contribution in [0.25, 0.3) is 0 Å². The number of aryl methyl sites for hydroxylation is 1. The number of carbonyl (C=O) groups excluding carboxylic acids is 2. The minimum Gasteiger partial charge on any atom is -0.369 e. The summed E-state index contributed by atoms with van der Waals surface area (Å²) in [7, 11) is 5.48. The third-order valence-corrected chi connectivity index (χ3v) is 5.54. The van der Waals surface area contributed by atoms with E-state index in [-0.39, 0.29) is 11.8 Å². The Morgan fingerprint density at radius 3 is 2.61 bits per heavy atom. The van der Waals surface area contributed by atoms with Crippen molar-refractivity contribution in [2.24, 2.45) is 0 Å². The van der Waals surface area contributed by atoms with E-state index in [0.29, 0.717) is 43.3 Å². The van der Waals surface area contributed by atoms with Crippen molar-refractivity contribution in [3.63, 3.8) is 0 Å². The molecule has 10 heteroatoms. The fraction of sp³-hybridized carbons (Fsp3) is 0.464. The zero-order valence-corrected chi connectivity index (χ0v) is 23.3. The summed E-state index contributed by atoms with van der Waals surface area (Å²) in [4.78, 5) is 41.3. The van der Waals surface area contributed by atoms with E-state index < -0.39 is 6.04 Å². The normalized spacial score (nSPS) is 11.6. The average molecular weight is 521 g/mol. The van der Waals surface area contributed by atoms with Crippen LogP contribution in [0.4, 0.5) is 17.5 Å². The largest absolute Gasteiger partial charge is 0.369 e. The second kappa shape index (κ2) is 16.0. The zero-order chi connectivity index (χ0) is 27.9. The van der Waals surface area contributed by atoms with Crippen molar-refractivity contribution in [2.45, 2.75) is 46.1 Å². The van der Waals surface area contributed by atoms with Crippen molar-refractivity contribution in [1.29, 1.82) is 0 Å². The molecule has 0 aliphatic heterocycles. The Morgan fingerprint density at radius 2 is 1.92 bits per heavy atom. The highest BCUT2D eigenvalue weighted by Crippen LogP contribution is 2.17. The Hall–Kier alpha value is -3.97. The standard InChI is InChI=1S/C28H40N8O2/c1-7-16-29-26-23(19-32-28(34-26)33-24-15-14-21(2)31-20-24)12-9-8-10-17-30-27(38)22(3)36(6)25(37)13-11-18-35(4)5/h11,13-15,19-20,22H,7-8,10,16-18H2,1-6H3,(H,30,38)(H2,29,32,33,34)/b13-11+/t22-/m0/s1. The third kappa shape index (κ3) is 10.6. The topological polar surface area (TPSA) is 115 Å². The molecule has 0 spiro atoms. The van der Waals surface area contributed by atoms with Gasteiger partial charge in [0, 0.05) is 44.9 Å². The van der Waals surface area contributed by atoms with E-state index in [1.807, 2.05) is 38.1 Å². The van der Waals surface area contributed by atoms with Gasteiger partial charge in [0.1, 0.15) is 11.9 Å². The maximum absolute atomic E-state index is 12.4. The summed E-state index contributed by atoms with van der Waals surface area (Å²) in [6.07, 6.45) is 8.95. The van der Waals surface area contributed by atoms with Crippen molar-refractivity contribution in [3.8, 4) is 11.8 Å². The van der Waals surface area contributed by atoms with Crippen molar-refractivity contribution >= 4 is 29.3 Å². The van der Waals surface area contributed by atoms with Crippen LogP contribution in [0.1, 0.15) is 44.4 Å². The van der Waals surface area contributed by atoms with Crippen LogP contribution in [-0.4, -0.2) is 83.4 Å². The van der Waals surface area contributed by atoms with Gasteiger partial charge in [-0.2, -0.15) is 4.98 Å². The molecule has 0 unspecified atom stereocenters. The molecular weight excluding hydrogens is 480 g/mol. The lowest BCUT2D eigenvalue weighted by atomic mass is 10.2. The zero-order valence-electron chi connectivity index (χ0n) is 23.3. The lowest BCUT2D eigenvalue weighted by Gasteiger charge is -2.23. The Bertz CT molecular complexity index is 1140. The number of nitrogens with one attached hydrogen (secondary N) is 3. The molecule has 0 radical (unpaired) electrons. The smallest absolute Gasteiger partial charge is 0.246 e. The molecule has 204 valence electrons. The Balaban J connectivity index is 1.87. The minimum atomic E-state index is -0.565. The summed E-state index contributed by atoms with van der Waals surface area (Å²) in [6, 6.07) is 3.28. The number of aromatic nitrogens is 3. The predicted octanol–water partition coefficient (Wildman–Crippen LogP) is 2.96. The monoisotopic (exact) mass is 520 g/mol. The molecule has 0 saturated carbocycles. The molecule has 2 heterocycles. The van der Waals surface area contributed by atoms with Crippen molar-refractivity contribution < 1.29 is 9.59 Å². The molecule has 0 saturated heterocycles. The van der Waals surface area contributed by atoms with Crippen LogP contribution in [0.5, 0.6) is 0 Å². The molecule has 2 aromatic heterocycles. The molecule has 38 heavy (non-hydrogen) atoms. The molecule has 1 atom stereocenters. The lowest BCUT2D eigenvalue weighted by Crippen LogP contribution is -2.45. The number of amides is 2. The summed E-state index contributed by atoms with van der Waals surface area (Å²) in [5.41, 5.74) is 2.46. The first-order valence-electron chi connectivity index (χ1n) is 12.9. The molecule has 0 bridgehead atoms. The highest BCUT2D eigenvalue weighted by atomic mass is 16.2. The number of unbranched alkanes of at least 4 members (excludes halogenated alkanes) is 1. The van der Waals surface area contributed by atoms with Crippen LogP contribution in [0.3, 0.4) is 0 Å². The van der Waals surface area contributed by atoms with Gasteiger partial charge in [-0.15, -0.1) is 0 Å². The molecule has 0 aliphatic rings. The molecule has 2 amide bonds. The van der Waals surface area contributed by atoms with E-state index in [9.17, 15) is 9.59 Å². The maximum Gasteiger partial charge on any atom is 0.246 e. The average Bonchev–Trinajstić information content (AvgIpc) is 2.90. The number of pyridine rings is 1. The number of hydrogen-bond donors (Lipinski definition) is 3. The van der Waals surface area contributed by atoms with Crippen LogP contribution < -0.4 is 16.0 Å². The van der Waals surface area contributed by atoms with E-state index in [1.165, 1.54) is 11.0 Å². The fourth-order valence-corrected chi connectivity index (χ4v) is 3.12. The van der Waals surface area contributed by atoms with Gasteiger partial charge in [-0.3, -0.25) is 14.6 Å². The third-order valence-electron chi connectivity index (χ3n) is 5.54. The fourth-order valence-electron chi connectivity index (χ4n) is 3.12. The first kappa shape index (κ1) is 30.3. The molecule has 0 aromatic carbocycles. The molecule has 10 nitrogen and oxygen atoms in total. The van der Waals surface area contributed by atoms with Crippen molar-refractivity contribution in [2.75, 3.05) is 51.4 Å². The van der Waals surface area contributed by atoms with Gasteiger partial charge in [0.2, 0.25) is 17.8 Å². The minimum absolute atomic E-state index is 0.193. The summed E-state index contributed by atoms with van der Waals surface area (Å²) < 4.78 is 0. The van der Waals surface area contributed by atoms with Gasteiger partial charge >= 0.3 is 0 Å². The first-order valence-corrected chi connectivity index (χ1v) is 12.9. The van der Waals surface area contributed by atoms with Crippen LogP contribution >= 0.6 is 0 Å². The van der Waals surface area contributed by atoms with Gasteiger partial charge in [0.25, 0.3) is 0 Å². The van der Waals surface area contributed by atoms with Crippen LogP contribution in [-0.2, 0) is 9.59 Å². The molecule has 2 aromatic rings. The van der Waals surface area contributed by atoms with Gasteiger partial charge in [-0.1, -0.05) is 24.8 Å². The van der Waals surface area contributed by atoms with Gasteiger partial charge in [0.05, 0.1) is 23.6 Å². The Morgan fingerprint density at radius 1 is 1.13 bits per heavy atom. The molecule has 0 fully saturated rings. The van der Waals surface area contributed by atoms with Crippen LogP contribution in [0.15, 0.2) is 36.7 Å². The SMILES string of the molecule is CCCNc1nc(Nc2ccc(C)nc2)ncc1C#CCCCNC(=O)[C@H](C)N(C)C(=O)/C=C/CN(C)C. The number of carbonyl (C=O) groups is 2. The molecule has 0 aliphatic carbocycles. The first-order chi connectivity index (χ1) is 18.2. The number of likely N-dealkylation sites (N-methyl/N-ethyl adjacent to an activating group) is 2. The van der Waals surface area contributed by atoms with Gasteiger partial charge in [-0.25, -0.2) is 4.98 Å². The van der Waals surface area contributed by atoms with Gasteiger partial charge in [-0.05, 0) is 52.9 Å². The van der Waals surface area contributed by atoms with E-state index in [2.05, 4.69) is 49.7 Å². The quantitative estimate of drug-likeness (QED) is 0.210. The van der Waals surface area contributed by atoms with Gasteiger partial charge < -0.3 is 25.8 Å². The van der Waals surface area contributed by atoms with E-state index in [1.54, 1.807) is 32.4 Å². The van der Waals surface area contributed by atoms with Crippen LogP contribution in [0, 0.1) is 18.8 Å². The molecule has 2 rings (SSSR count). The molecular formula is C28H40N8O2. The summed E-state index contributed by atoms with van der Waals surface area (Å²) in [6.45, 7) is 7.64. The van der Waals surface area contributed by atoms with Crippen molar-refractivity contribution in [1.82, 2.24) is 30.1 Å². The predicted molar refractivity (Wildman–Crippen MR) is 152 cm³/mol. The number of rotatable bonds is 13. The van der Waals surface area contributed by atoms with Gasteiger partial charge in [0.15, 0.2) is 0 Å². The highest BCUT2D eigenvalue weighted by molar-refractivity contribution is 5.92. The van der Waals surface area contributed by atoms with E-state index in [4.69, 9.17) is 0 Å². The Kier molecular flexibility index (Phi) is 12.7. The second-order valence-electron chi connectivity index (χ2n) is 9.18. The summed E-state index contributed by atoms with van der Waals surface area (Å²) in [5.74, 6) is 7.02. The second-order valence-corrected chi connectivity index (χ2v) is 9.18. The van der Waals surface area contributed by atoms with E-state index in [0.717, 1.165) is 24.3 Å². The maximum atomic E-state index is 12.4. The lowest BCUT2D eigenvalue weighted by molar-refractivity contribution is -0.135. The number of nitrogens with zero attached hydrogens (tertiary/aromatic N) is 5. The highest BCUT2D eigenvalue weighted by Gasteiger charge is 2.20. The van der Waals surface area contributed by atoms with Crippen molar-refractivity contribution in [3.05, 3.63) is 47.9 Å². The number of hydrogen-bond acceptors (Lipinski definition) is 8. The summed E-state index contributed by atoms with van der Waals surface area (Å²) in [5, 5.41) is 9.36. The number of anilines is 3. The van der Waals surface area contributed by atoms with E-state index >= 15 is 0 Å².